The molecule has 2 heterocycles. The predicted molar refractivity (Wildman–Crippen MR) is 112 cm³/mol. The molecular weight excluding hydrogens is 369 g/mol. The average molecular weight is 402 g/mol. The average Bonchev–Trinajstić information content (AvgIpc) is 3.16. The van der Waals surface area contributed by atoms with Crippen molar-refractivity contribution in [3.63, 3.8) is 0 Å². The number of rotatable bonds is 4. The van der Waals surface area contributed by atoms with Gasteiger partial charge in [-0.3, -0.25) is 9.69 Å². The number of nitrogens with two attached hydrogens (primary N) is 1. The van der Waals surface area contributed by atoms with Gasteiger partial charge < -0.3 is 15.6 Å². The van der Waals surface area contributed by atoms with Crippen molar-refractivity contribution in [2.75, 3.05) is 26.2 Å². The largest absolute Gasteiger partial charge is 0.341 e. The number of carbonyl (C=O) groups is 1. The zero-order valence-electron chi connectivity index (χ0n) is 17.5. The molecule has 2 fully saturated rings. The Hall–Kier alpha value is -1.99. The fraction of sp³-hybridized carbons (Fsp3) is 0.636. The molecule has 1 aromatic heterocycles. The van der Waals surface area contributed by atoms with Crippen molar-refractivity contribution in [3.05, 3.63) is 29.3 Å². The number of benzene rings is 1. The highest BCUT2D eigenvalue weighted by Gasteiger charge is 2.27. The fourth-order valence-electron chi connectivity index (χ4n) is 4.71. The van der Waals surface area contributed by atoms with Crippen molar-refractivity contribution >= 4 is 16.9 Å². The van der Waals surface area contributed by atoms with Gasteiger partial charge in [0.15, 0.2) is 5.82 Å². The van der Waals surface area contributed by atoms with Gasteiger partial charge in [-0.15, -0.1) is 0 Å². The van der Waals surface area contributed by atoms with Gasteiger partial charge in [0, 0.05) is 45.2 Å². The number of imidazole rings is 1. The SMILES string of the molecule is CC(=O)N1CCN(Cc2ccc3[nH]c(C(N)C4CCC(C)CC4)nc3c2F)CC1. The molecule has 2 aliphatic rings. The summed E-state index contributed by atoms with van der Waals surface area (Å²) in [5, 5.41) is 0. The first-order valence-electron chi connectivity index (χ1n) is 10.8. The normalized spacial score (nSPS) is 24.8. The first-order valence-corrected chi connectivity index (χ1v) is 10.8. The van der Waals surface area contributed by atoms with Crippen LogP contribution in [-0.4, -0.2) is 51.9 Å². The van der Waals surface area contributed by atoms with E-state index in [0.29, 0.717) is 48.0 Å². The van der Waals surface area contributed by atoms with Crippen LogP contribution < -0.4 is 5.73 Å². The third-order valence-electron chi connectivity index (χ3n) is 6.79. The minimum Gasteiger partial charge on any atom is -0.341 e. The smallest absolute Gasteiger partial charge is 0.219 e. The van der Waals surface area contributed by atoms with Gasteiger partial charge in [0.2, 0.25) is 5.91 Å². The molecule has 1 atom stereocenters. The highest BCUT2D eigenvalue weighted by atomic mass is 19.1. The van der Waals surface area contributed by atoms with Crippen LogP contribution in [0, 0.1) is 17.7 Å². The summed E-state index contributed by atoms with van der Waals surface area (Å²) < 4.78 is 15.2. The monoisotopic (exact) mass is 401 g/mol. The highest BCUT2D eigenvalue weighted by Crippen LogP contribution is 2.35. The molecule has 0 spiro atoms. The van der Waals surface area contributed by atoms with E-state index in [1.165, 1.54) is 12.8 Å². The minimum atomic E-state index is -0.261. The van der Waals surface area contributed by atoms with Crippen LogP contribution in [-0.2, 0) is 11.3 Å². The molecule has 6 nitrogen and oxygen atoms in total. The van der Waals surface area contributed by atoms with Crippen LogP contribution in [0.25, 0.3) is 11.0 Å². The Balaban J connectivity index is 1.47. The van der Waals surface area contributed by atoms with Crippen molar-refractivity contribution in [1.82, 2.24) is 19.8 Å². The zero-order valence-corrected chi connectivity index (χ0v) is 17.5. The van der Waals surface area contributed by atoms with E-state index in [9.17, 15) is 4.79 Å². The van der Waals surface area contributed by atoms with E-state index in [1.807, 2.05) is 17.0 Å². The Kier molecular flexibility index (Phi) is 5.88. The number of H-pyrrole nitrogens is 1. The van der Waals surface area contributed by atoms with E-state index < -0.39 is 0 Å². The van der Waals surface area contributed by atoms with Crippen LogP contribution in [0.3, 0.4) is 0 Å². The Morgan fingerprint density at radius 3 is 2.59 bits per heavy atom. The lowest BCUT2D eigenvalue weighted by molar-refractivity contribution is -0.130. The first kappa shape index (κ1) is 20.3. The Labute approximate surface area is 171 Å². The summed E-state index contributed by atoms with van der Waals surface area (Å²) in [7, 11) is 0. The number of fused-ring (bicyclic) bond motifs is 1. The second-order valence-electron chi connectivity index (χ2n) is 8.88. The number of nitrogens with zero attached hydrogens (tertiary/aromatic N) is 3. The van der Waals surface area contributed by atoms with Crippen molar-refractivity contribution in [2.45, 2.75) is 52.1 Å². The molecule has 158 valence electrons. The first-order chi connectivity index (χ1) is 13.9. The van der Waals surface area contributed by atoms with Gasteiger partial charge >= 0.3 is 0 Å². The number of amides is 1. The fourth-order valence-corrected chi connectivity index (χ4v) is 4.71. The lowest BCUT2D eigenvalue weighted by Crippen LogP contribution is -2.47. The molecule has 1 saturated carbocycles. The molecule has 3 N–H and O–H groups in total. The Morgan fingerprint density at radius 2 is 1.93 bits per heavy atom. The number of aromatic amines is 1. The van der Waals surface area contributed by atoms with Crippen molar-refractivity contribution in [3.8, 4) is 0 Å². The highest BCUT2D eigenvalue weighted by molar-refractivity contribution is 5.77. The number of nitrogens with one attached hydrogen (secondary N) is 1. The van der Waals surface area contributed by atoms with Gasteiger partial charge in [0.1, 0.15) is 11.3 Å². The summed E-state index contributed by atoms with van der Waals surface area (Å²) in [5.41, 5.74) is 8.24. The summed E-state index contributed by atoms with van der Waals surface area (Å²) >= 11 is 0. The van der Waals surface area contributed by atoms with Crippen LogP contribution in [0.5, 0.6) is 0 Å². The molecule has 1 unspecified atom stereocenters. The molecule has 1 saturated heterocycles. The number of hydrogen-bond acceptors (Lipinski definition) is 4. The van der Waals surface area contributed by atoms with E-state index in [1.54, 1.807) is 6.92 Å². The quantitative estimate of drug-likeness (QED) is 0.825. The maximum atomic E-state index is 15.2. The number of piperazine rings is 1. The maximum absolute atomic E-state index is 15.2. The maximum Gasteiger partial charge on any atom is 0.219 e. The summed E-state index contributed by atoms with van der Waals surface area (Å²) in [5.74, 6) is 1.72. The number of hydrogen-bond donors (Lipinski definition) is 2. The van der Waals surface area contributed by atoms with Crippen LogP contribution >= 0.6 is 0 Å². The lowest BCUT2D eigenvalue weighted by Gasteiger charge is -2.34. The van der Waals surface area contributed by atoms with Gasteiger partial charge in [-0.25, -0.2) is 9.37 Å². The molecule has 1 aromatic carbocycles. The standard InChI is InChI=1S/C22H32FN5O/c1-14-3-5-16(6-4-14)20(24)22-25-18-8-7-17(19(23)21(18)26-22)13-27-9-11-28(12-10-27)15(2)29/h7-8,14,16,20H,3-6,9-13,24H2,1-2H3,(H,25,26). The molecule has 1 amide bonds. The van der Waals surface area contributed by atoms with Gasteiger partial charge in [0.05, 0.1) is 11.6 Å². The van der Waals surface area contributed by atoms with E-state index >= 15 is 4.39 Å². The number of halogens is 1. The van der Waals surface area contributed by atoms with Crippen molar-refractivity contribution in [1.29, 1.82) is 0 Å². The van der Waals surface area contributed by atoms with Gasteiger partial charge in [-0.05, 0) is 30.7 Å². The lowest BCUT2D eigenvalue weighted by atomic mass is 9.79. The Bertz CT molecular complexity index is 865. The summed E-state index contributed by atoms with van der Waals surface area (Å²) in [6.07, 6.45) is 4.63. The van der Waals surface area contributed by atoms with Gasteiger partial charge in [-0.2, -0.15) is 0 Å². The second-order valence-corrected chi connectivity index (χ2v) is 8.88. The summed E-state index contributed by atoms with van der Waals surface area (Å²) in [6, 6.07) is 3.58. The molecule has 1 aliphatic carbocycles. The van der Waals surface area contributed by atoms with Crippen molar-refractivity contribution < 1.29 is 9.18 Å². The van der Waals surface area contributed by atoms with E-state index in [4.69, 9.17) is 5.73 Å². The van der Waals surface area contributed by atoms with Gasteiger partial charge in [0.25, 0.3) is 0 Å². The van der Waals surface area contributed by atoms with E-state index in [-0.39, 0.29) is 17.8 Å². The van der Waals surface area contributed by atoms with Crippen molar-refractivity contribution in [2.24, 2.45) is 17.6 Å². The van der Waals surface area contributed by atoms with Gasteiger partial charge in [-0.1, -0.05) is 25.8 Å². The van der Waals surface area contributed by atoms with E-state index in [2.05, 4.69) is 21.8 Å². The molecule has 0 radical (unpaired) electrons. The molecule has 0 bridgehead atoms. The summed E-state index contributed by atoms with van der Waals surface area (Å²) in [6.45, 7) is 7.32. The molecular formula is C22H32FN5O. The molecule has 7 heteroatoms. The van der Waals surface area contributed by atoms with E-state index in [0.717, 1.165) is 31.8 Å². The number of carbonyl (C=O) groups excluding carboxylic acids is 1. The Morgan fingerprint density at radius 1 is 1.24 bits per heavy atom. The molecule has 1 aliphatic heterocycles. The topological polar surface area (TPSA) is 78.2 Å². The zero-order chi connectivity index (χ0) is 20.5. The van der Waals surface area contributed by atoms with Crippen LogP contribution in [0.15, 0.2) is 12.1 Å². The van der Waals surface area contributed by atoms with Crippen LogP contribution in [0.2, 0.25) is 0 Å². The minimum absolute atomic E-state index is 0.102. The molecule has 4 rings (SSSR count). The predicted octanol–water partition coefficient (Wildman–Crippen LogP) is 3.19. The second kappa shape index (κ2) is 8.40. The third kappa shape index (κ3) is 4.31. The summed E-state index contributed by atoms with van der Waals surface area (Å²) in [4.78, 5) is 23.3. The van der Waals surface area contributed by atoms with Crippen LogP contribution in [0.4, 0.5) is 4.39 Å². The molecule has 2 aromatic rings. The third-order valence-corrected chi connectivity index (χ3v) is 6.79. The molecule has 29 heavy (non-hydrogen) atoms. The number of aromatic nitrogens is 2. The van der Waals surface area contributed by atoms with Crippen LogP contribution in [0.1, 0.15) is 57.0 Å².